The number of carbonyl (C=O) groups excluding carboxylic acids is 1. The molecule has 2 aliphatic rings. The molecule has 2 heterocycles. The Hall–Kier alpha value is -1.68. The first kappa shape index (κ1) is 22.0. The van der Waals surface area contributed by atoms with Gasteiger partial charge in [0.15, 0.2) is 0 Å². The van der Waals surface area contributed by atoms with Gasteiger partial charge < -0.3 is 10.1 Å². The van der Waals surface area contributed by atoms with Gasteiger partial charge in [-0.1, -0.05) is 18.9 Å². The van der Waals surface area contributed by atoms with Crippen LogP contribution in [0.4, 0.5) is 5.69 Å². The number of nitrogens with zero attached hydrogens (tertiary/aromatic N) is 3. The monoisotopic (exact) mass is 424 g/mol. The summed E-state index contributed by atoms with van der Waals surface area (Å²) < 4.78 is 34.3. The highest BCUT2D eigenvalue weighted by Crippen LogP contribution is 2.25. The Balaban J connectivity index is 1.52. The number of rotatable bonds is 6. The van der Waals surface area contributed by atoms with Crippen LogP contribution in [0.5, 0.6) is 5.75 Å². The minimum absolute atomic E-state index is 0.127. The van der Waals surface area contributed by atoms with E-state index in [0.29, 0.717) is 50.7 Å². The first-order valence-electron chi connectivity index (χ1n) is 10.3. The van der Waals surface area contributed by atoms with Crippen LogP contribution in [0.25, 0.3) is 0 Å². The summed E-state index contributed by atoms with van der Waals surface area (Å²) in [6.07, 6.45) is 4.06. The molecule has 1 aromatic carbocycles. The third kappa shape index (κ3) is 5.69. The Labute approximate surface area is 174 Å². The molecule has 8 nitrogen and oxygen atoms in total. The van der Waals surface area contributed by atoms with Gasteiger partial charge in [-0.05, 0) is 37.5 Å². The Morgan fingerprint density at radius 1 is 1.00 bits per heavy atom. The van der Waals surface area contributed by atoms with E-state index in [0.717, 1.165) is 31.2 Å². The number of ether oxygens (including phenoxy) is 1. The molecule has 29 heavy (non-hydrogen) atoms. The van der Waals surface area contributed by atoms with Crippen LogP contribution in [0.3, 0.4) is 0 Å². The molecule has 2 aliphatic heterocycles. The highest BCUT2D eigenvalue weighted by Gasteiger charge is 2.32. The fraction of sp³-hybridized carbons (Fsp3) is 0.650. The van der Waals surface area contributed by atoms with Crippen LogP contribution in [-0.2, 0) is 15.0 Å². The molecule has 1 aromatic rings. The van der Waals surface area contributed by atoms with E-state index < -0.39 is 10.2 Å². The molecular weight excluding hydrogens is 392 g/mol. The van der Waals surface area contributed by atoms with Crippen molar-refractivity contribution in [1.29, 1.82) is 0 Å². The molecular formula is C20H32N4O4S. The number of hydrogen-bond donors (Lipinski definition) is 1. The van der Waals surface area contributed by atoms with E-state index in [9.17, 15) is 13.2 Å². The molecule has 1 amide bonds. The van der Waals surface area contributed by atoms with Gasteiger partial charge in [0.05, 0.1) is 19.3 Å². The van der Waals surface area contributed by atoms with Gasteiger partial charge in [0.2, 0.25) is 5.91 Å². The maximum atomic E-state index is 12.9. The van der Waals surface area contributed by atoms with E-state index in [-0.39, 0.29) is 12.5 Å². The van der Waals surface area contributed by atoms with Gasteiger partial charge in [-0.25, -0.2) is 0 Å². The number of benzene rings is 1. The Morgan fingerprint density at radius 2 is 1.62 bits per heavy atom. The van der Waals surface area contributed by atoms with Crippen LogP contribution in [0.1, 0.15) is 31.2 Å². The topological polar surface area (TPSA) is 82.2 Å². The zero-order chi connectivity index (χ0) is 20.9. The van der Waals surface area contributed by atoms with Gasteiger partial charge in [0.25, 0.3) is 10.2 Å². The van der Waals surface area contributed by atoms with Crippen molar-refractivity contribution in [3.63, 3.8) is 0 Å². The molecule has 0 spiro atoms. The van der Waals surface area contributed by atoms with E-state index in [2.05, 4.69) is 5.32 Å². The van der Waals surface area contributed by atoms with Crippen molar-refractivity contribution in [2.24, 2.45) is 0 Å². The van der Waals surface area contributed by atoms with Gasteiger partial charge >= 0.3 is 0 Å². The predicted octanol–water partition coefficient (Wildman–Crippen LogP) is 1.68. The van der Waals surface area contributed by atoms with Gasteiger partial charge in [-0.3, -0.25) is 9.69 Å². The third-order valence-corrected chi connectivity index (χ3v) is 7.58. The molecule has 1 N–H and O–H groups in total. The molecule has 0 unspecified atom stereocenters. The highest BCUT2D eigenvalue weighted by atomic mass is 32.2. The van der Waals surface area contributed by atoms with Crippen molar-refractivity contribution >= 4 is 21.8 Å². The van der Waals surface area contributed by atoms with E-state index >= 15 is 0 Å². The van der Waals surface area contributed by atoms with Crippen LogP contribution < -0.4 is 10.1 Å². The number of nitrogens with one attached hydrogen (secondary N) is 1. The first-order valence-corrected chi connectivity index (χ1v) is 11.7. The van der Waals surface area contributed by atoms with Gasteiger partial charge in [0.1, 0.15) is 5.75 Å². The van der Waals surface area contributed by atoms with E-state index in [1.54, 1.807) is 15.7 Å². The Morgan fingerprint density at radius 3 is 2.24 bits per heavy atom. The quantitative estimate of drug-likeness (QED) is 0.751. The van der Waals surface area contributed by atoms with Crippen LogP contribution in [0.2, 0.25) is 0 Å². The van der Waals surface area contributed by atoms with Crippen LogP contribution in [-0.4, -0.2) is 80.8 Å². The molecule has 162 valence electrons. The summed E-state index contributed by atoms with van der Waals surface area (Å²) in [6, 6.07) is 5.64. The van der Waals surface area contributed by atoms with E-state index in [1.807, 2.05) is 30.0 Å². The summed E-state index contributed by atoms with van der Waals surface area (Å²) in [7, 11) is -1.83. The number of carbonyl (C=O) groups is 1. The Kier molecular flexibility index (Phi) is 7.50. The average molecular weight is 425 g/mol. The Bertz CT molecular complexity index is 799. The summed E-state index contributed by atoms with van der Waals surface area (Å²) in [5.41, 5.74) is 1.69. The lowest BCUT2D eigenvalue weighted by Gasteiger charge is -2.36. The fourth-order valence-electron chi connectivity index (χ4n) is 3.87. The maximum Gasteiger partial charge on any atom is 0.282 e. The van der Waals surface area contributed by atoms with Crippen LogP contribution in [0.15, 0.2) is 18.2 Å². The lowest BCUT2D eigenvalue weighted by atomic mass is 10.2. The fourth-order valence-corrected chi connectivity index (χ4v) is 5.54. The maximum absolute atomic E-state index is 12.9. The van der Waals surface area contributed by atoms with Crippen molar-refractivity contribution in [2.75, 3.05) is 58.2 Å². The van der Waals surface area contributed by atoms with E-state index in [4.69, 9.17) is 4.74 Å². The number of aryl methyl sites for hydroxylation is 1. The van der Waals surface area contributed by atoms with Gasteiger partial charge in [-0.2, -0.15) is 17.0 Å². The van der Waals surface area contributed by atoms with E-state index in [1.165, 1.54) is 0 Å². The van der Waals surface area contributed by atoms with Crippen LogP contribution >= 0.6 is 0 Å². The number of hydrogen-bond acceptors (Lipinski definition) is 5. The summed E-state index contributed by atoms with van der Waals surface area (Å²) in [6.45, 7) is 5.34. The molecule has 0 bridgehead atoms. The molecule has 2 saturated heterocycles. The smallest absolute Gasteiger partial charge is 0.282 e. The molecule has 9 heteroatoms. The highest BCUT2D eigenvalue weighted by molar-refractivity contribution is 7.86. The second-order valence-electron chi connectivity index (χ2n) is 7.75. The number of anilines is 1. The zero-order valence-corrected chi connectivity index (χ0v) is 18.2. The summed E-state index contributed by atoms with van der Waals surface area (Å²) in [5.74, 6) is 0.495. The molecule has 0 saturated carbocycles. The first-order chi connectivity index (χ1) is 13.9. The van der Waals surface area contributed by atoms with Crippen molar-refractivity contribution in [3.8, 4) is 5.75 Å². The summed E-state index contributed by atoms with van der Waals surface area (Å²) >= 11 is 0. The van der Waals surface area contributed by atoms with Crippen LogP contribution in [0, 0.1) is 6.92 Å². The molecule has 2 fully saturated rings. The van der Waals surface area contributed by atoms with Crippen molar-refractivity contribution in [2.45, 2.75) is 32.6 Å². The number of amides is 1. The largest absolute Gasteiger partial charge is 0.495 e. The zero-order valence-electron chi connectivity index (χ0n) is 17.4. The molecule has 0 aliphatic carbocycles. The second-order valence-corrected chi connectivity index (χ2v) is 9.68. The SMILES string of the molecule is COc1ccc(C)cc1NC(=O)CN1CCN(S(=O)(=O)N2CCCCCC2)CC1. The van der Waals surface area contributed by atoms with Gasteiger partial charge in [0, 0.05) is 39.3 Å². The van der Waals surface area contributed by atoms with Crippen molar-refractivity contribution < 1.29 is 17.9 Å². The van der Waals surface area contributed by atoms with Crippen molar-refractivity contribution in [1.82, 2.24) is 13.5 Å². The molecule has 0 radical (unpaired) electrons. The standard InChI is InChI=1S/C20H32N4O4S/c1-17-7-8-19(28-2)18(15-17)21-20(25)16-22-11-13-24(14-12-22)29(26,27)23-9-5-3-4-6-10-23/h7-8,15H,3-6,9-14,16H2,1-2H3,(H,21,25). The molecule has 0 aromatic heterocycles. The predicted molar refractivity (Wildman–Crippen MR) is 113 cm³/mol. The lowest BCUT2D eigenvalue weighted by molar-refractivity contribution is -0.117. The number of piperazine rings is 1. The minimum Gasteiger partial charge on any atom is -0.495 e. The molecule has 0 atom stereocenters. The summed E-state index contributed by atoms with van der Waals surface area (Å²) in [4.78, 5) is 14.5. The lowest BCUT2D eigenvalue weighted by Crippen LogP contribution is -2.54. The summed E-state index contributed by atoms with van der Waals surface area (Å²) in [5, 5.41) is 2.90. The number of methoxy groups -OCH3 is 1. The normalized spacial score (nSPS) is 20.2. The molecule has 3 rings (SSSR count). The minimum atomic E-state index is -3.40. The third-order valence-electron chi connectivity index (χ3n) is 5.55. The second kappa shape index (κ2) is 9.88. The van der Waals surface area contributed by atoms with Gasteiger partial charge in [-0.15, -0.1) is 0 Å². The van der Waals surface area contributed by atoms with Crippen molar-refractivity contribution in [3.05, 3.63) is 23.8 Å². The average Bonchev–Trinajstić information content (AvgIpc) is 2.99.